The summed E-state index contributed by atoms with van der Waals surface area (Å²) in [5.74, 6) is -1.51. The van der Waals surface area contributed by atoms with Crippen molar-refractivity contribution in [3.05, 3.63) is 17.7 Å². The van der Waals surface area contributed by atoms with Gasteiger partial charge in [0.15, 0.2) is 11.5 Å². The van der Waals surface area contributed by atoms with Crippen LogP contribution in [0.1, 0.15) is 33.3 Å². The number of nitrogens with two attached hydrogens (primary N) is 1. The van der Waals surface area contributed by atoms with E-state index < -0.39 is 34.4 Å². The first-order chi connectivity index (χ1) is 10.00. The normalized spacial score (nSPS) is 14.2. The Labute approximate surface area is 129 Å². The Hall–Kier alpha value is -2.15. The largest absolute Gasteiger partial charge is 0.504 e. The van der Waals surface area contributed by atoms with Crippen LogP contribution in [0.3, 0.4) is 0 Å². The third kappa shape index (κ3) is 4.17. The summed E-state index contributed by atoms with van der Waals surface area (Å²) < 4.78 is 5.14. The standard InChI is InChI=1S/C15H24N2O5/c1-14(2,3)22-13(21)17-8-15(4,7-16)9-5-6-10(18)12(20)11(9)19/h5-6,18-20H,7-8,16H2,1-4H3,(H,17,21). The van der Waals surface area contributed by atoms with E-state index in [9.17, 15) is 20.1 Å². The first-order valence-electron chi connectivity index (χ1n) is 6.91. The van der Waals surface area contributed by atoms with Crippen LogP contribution in [0.4, 0.5) is 4.79 Å². The number of hydrogen-bond donors (Lipinski definition) is 5. The van der Waals surface area contributed by atoms with E-state index in [2.05, 4.69) is 5.32 Å². The zero-order valence-electron chi connectivity index (χ0n) is 13.3. The number of phenols is 3. The molecule has 1 amide bonds. The molecule has 1 aromatic carbocycles. The Balaban J connectivity index is 2.94. The molecule has 0 spiro atoms. The van der Waals surface area contributed by atoms with Gasteiger partial charge in [-0.1, -0.05) is 13.0 Å². The average Bonchev–Trinajstić information content (AvgIpc) is 2.40. The molecule has 0 saturated carbocycles. The first-order valence-corrected chi connectivity index (χ1v) is 6.91. The van der Waals surface area contributed by atoms with E-state index in [1.807, 2.05) is 0 Å². The molecule has 1 atom stereocenters. The van der Waals surface area contributed by atoms with Gasteiger partial charge in [-0.2, -0.15) is 0 Å². The van der Waals surface area contributed by atoms with Crippen LogP contribution in [-0.2, 0) is 10.2 Å². The quantitative estimate of drug-likeness (QED) is 0.537. The molecule has 1 rings (SSSR count). The topological polar surface area (TPSA) is 125 Å². The van der Waals surface area contributed by atoms with Crippen LogP contribution in [0, 0.1) is 0 Å². The van der Waals surface area contributed by atoms with Gasteiger partial charge in [-0.05, 0) is 26.8 Å². The van der Waals surface area contributed by atoms with Gasteiger partial charge in [0.25, 0.3) is 0 Å². The lowest BCUT2D eigenvalue weighted by molar-refractivity contribution is 0.0516. The SMILES string of the molecule is CC(C)(C)OC(=O)NCC(C)(CN)c1ccc(O)c(O)c1O. The minimum atomic E-state index is -0.841. The highest BCUT2D eigenvalue weighted by atomic mass is 16.6. The minimum Gasteiger partial charge on any atom is -0.504 e. The van der Waals surface area contributed by atoms with Crippen LogP contribution < -0.4 is 11.1 Å². The number of carbonyl (C=O) groups is 1. The van der Waals surface area contributed by atoms with Crippen molar-refractivity contribution in [2.45, 2.75) is 38.7 Å². The van der Waals surface area contributed by atoms with Crippen molar-refractivity contribution < 1.29 is 24.9 Å². The number of benzene rings is 1. The lowest BCUT2D eigenvalue weighted by Gasteiger charge is -2.30. The maximum atomic E-state index is 11.7. The van der Waals surface area contributed by atoms with Crippen molar-refractivity contribution >= 4 is 6.09 Å². The molecule has 7 heteroatoms. The fourth-order valence-electron chi connectivity index (χ4n) is 1.91. The lowest BCUT2D eigenvalue weighted by Crippen LogP contribution is -2.45. The maximum absolute atomic E-state index is 11.7. The summed E-state index contributed by atoms with van der Waals surface area (Å²) in [4.78, 5) is 11.7. The highest BCUT2D eigenvalue weighted by molar-refractivity contribution is 5.68. The van der Waals surface area contributed by atoms with Gasteiger partial charge >= 0.3 is 6.09 Å². The molecule has 1 unspecified atom stereocenters. The summed E-state index contributed by atoms with van der Waals surface area (Å²) in [6.45, 7) is 7.16. The molecule has 0 fully saturated rings. The van der Waals surface area contributed by atoms with Crippen LogP contribution in [0.15, 0.2) is 12.1 Å². The molecule has 0 aromatic heterocycles. The van der Waals surface area contributed by atoms with Gasteiger partial charge in [-0.3, -0.25) is 0 Å². The summed E-state index contributed by atoms with van der Waals surface area (Å²) in [5, 5.41) is 31.6. The third-order valence-electron chi connectivity index (χ3n) is 3.25. The van der Waals surface area contributed by atoms with Crippen LogP contribution in [-0.4, -0.2) is 40.1 Å². The van der Waals surface area contributed by atoms with Crippen molar-refractivity contribution in [3.63, 3.8) is 0 Å². The number of alkyl carbamates (subject to hydrolysis) is 1. The average molecular weight is 312 g/mol. The second-order valence-corrected chi connectivity index (χ2v) is 6.45. The predicted molar refractivity (Wildman–Crippen MR) is 82.1 cm³/mol. The highest BCUT2D eigenvalue weighted by Gasteiger charge is 2.31. The molecule has 0 aliphatic heterocycles. The Morgan fingerprint density at radius 3 is 2.27 bits per heavy atom. The molecule has 0 bridgehead atoms. The van der Waals surface area contributed by atoms with Gasteiger partial charge in [0.1, 0.15) is 5.60 Å². The molecular formula is C15H24N2O5. The fraction of sp³-hybridized carbons (Fsp3) is 0.533. The van der Waals surface area contributed by atoms with Crippen molar-refractivity contribution in [3.8, 4) is 17.2 Å². The van der Waals surface area contributed by atoms with Gasteiger partial charge in [-0.15, -0.1) is 0 Å². The van der Waals surface area contributed by atoms with Crippen molar-refractivity contribution in [1.82, 2.24) is 5.32 Å². The van der Waals surface area contributed by atoms with Crippen LogP contribution >= 0.6 is 0 Å². The molecule has 124 valence electrons. The smallest absolute Gasteiger partial charge is 0.407 e. The zero-order chi connectivity index (χ0) is 17.1. The van der Waals surface area contributed by atoms with Gasteiger partial charge in [0, 0.05) is 24.1 Å². The van der Waals surface area contributed by atoms with E-state index in [-0.39, 0.29) is 13.1 Å². The van der Waals surface area contributed by atoms with Crippen molar-refractivity contribution in [2.75, 3.05) is 13.1 Å². The number of amides is 1. The van der Waals surface area contributed by atoms with Gasteiger partial charge < -0.3 is 31.1 Å². The first kappa shape index (κ1) is 17.9. The number of rotatable bonds is 4. The summed E-state index contributed by atoms with van der Waals surface area (Å²) in [6.07, 6.45) is -0.602. The molecule has 0 heterocycles. The van der Waals surface area contributed by atoms with E-state index in [4.69, 9.17) is 10.5 Å². The second kappa shape index (κ2) is 6.31. The number of nitrogens with one attached hydrogen (secondary N) is 1. The monoisotopic (exact) mass is 312 g/mol. The number of carbonyl (C=O) groups excluding carboxylic acids is 1. The Kier molecular flexibility index (Phi) is 5.13. The predicted octanol–water partition coefficient (Wildman–Crippen LogP) is 1.54. The summed E-state index contributed by atoms with van der Waals surface area (Å²) in [6, 6.07) is 2.71. The Bertz CT molecular complexity index is 554. The molecule has 1 aromatic rings. The van der Waals surface area contributed by atoms with Crippen molar-refractivity contribution in [2.24, 2.45) is 5.73 Å². The number of ether oxygens (including phenoxy) is 1. The van der Waals surface area contributed by atoms with Crippen LogP contribution in [0.2, 0.25) is 0 Å². The fourth-order valence-corrected chi connectivity index (χ4v) is 1.91. The number of hydrogen-bond acceptors (Lipinski definition) is 6. The molecule has 0 aliphatic rings. The van der Waals surface area contributed by atoms with Gasteiger partial charge in [-0.25, -0.2) is 4.79 Å². The molecule has 0 radical (unpaired) electrons. The van der Waals surface area contributed by atoms with Gasteiger partial charge in [0.05, 0.1) is 0 Å². The Morgan fingerprint density at radius 1 is 1.18 bits per heavy atom. The van der Waals surface area contributed by atoms with Gasteiger partial charge in [0.2, 0.25) is 5.75 Å². The van der Waals surface area contributed by atoms with E-state index in [0.29, 0.717) is 5.56 Å². The summed E-state index contributed by atoms with van der Waals surface area (Å²) >= 11 is 0. The van der Waals surface area contributed by atoms with E-state index >= 15 is 0 Å². The molecule has 22 heavy (non-hydrogen) atoms. The minimum absolute atomic E-state index is 0.0934. The summed E-state index contributed by atoms with van der Waals surface area (Å²) in [5.41, 5.74) is 4.62. The molecule has 0 saturated heterocycles. The number of aromatic hydroxyl groups is 3. The zero-order valence-corrected chi connectivity index (χ0v) is 13.3. The molecule has 6 N–H and O–H groups in total. The molecule has 7 nitrogen and oxygen atoms in total. The molecule has 0 aliphatic carbocycles. The van der Waals surface area contributed by atoms with E-state index in [1.165, 1.54) is 12.1 Å². The maximum Gasteiger partial charge on any atom is 0.407 e. The second-order valence-electron chi connectivity index (χ2n) is 6.45. The third-order valence-corrected chi connectivity index (χ3v) is 3.25. The van der Waals surface area contributed by atoms with Crippen LogP contribution in [0.5, 0.6) is 17.2 Å². The lowest BCUT2D eigenvalue weighted by atomic mass is 9.81. The Morgan fingerprint density at radius 2 is 1.77 bits per heavy atom. The van der Waals surface area contributed by atoms with E-state index in [1.54, 1.807) is 27.7 Å². The van der Waals surface area contributed by atoms with Crippen molar-refractivity contribution in [1.29, 1.82) is 0 Å². The van der Waals surface area contributed by atoms with E-state index in [0.717, 1.165) is 0 Å². The van der Waals surface area contributed by atoms with Crippen LogP contribution in [0.25, 0.3) is 0 Å². The molecular weight excluding hydrogens is 288 g/mol. The number of phenolic OH excluding ortho intramolecular Hbond substituents is 3. The summed E-state index contributed by atoms with van der Waals surface area (Å²) in [7, 11) is 0. The highest BCUT2D eigenvalue weighted by Crippen LogP contribution is 2.41.